The van der Waals surface area contributed by atoms with Crippen molar-refractivity contribution in [3.8, 4) is 0 Å². The first-order valence-corrected chi connectivity index (χ1v) is 7.89. The van der Waals surface area contributed by atoms with Crippen LogP contribution in [0.2, 0.25) is 0 Å². The summed E-state index contributed by atoms with van der Waals surface area (Å²) < 4.78 is 11.0. The molecule has 2 fully saturated rings. The summed E-state index contributed by atoms with van der Waals surface area (Å²) in [5.41, 5.74) is 1.46. The van der Waals surface area contributed by atoms with E-state index >= 15 is 0 Å². The predicted molar refractivity (Wildman–Crippen MR) is 79.7 cm³/mol. The van der Waals surface area contributed by atoms with Gasteiger partial charge in [-0.25, -0.2) is 0 Å². The molecule has 1 aromatic carbocycles. The molecular weight excluding hydrogens is 250 g/mol. The van der Waals surface area contributed by atoms with E-state index in [9.17, 15) is 0 Å². The van der Waals surface area contributed by atoms with E-state index in [0.29, 0.717) is 18.9 Å². The maximum Gasteiger partial charge on any atom is 0.147 e. The van der Waals surface area contributed by atoms with Gasteiger partial charge in [-0.15, -0.1) is 0 Å². The second-order valence-electron chi connectivity index (χ2n) is 5.94. The van der Waals surface area contributed by atoms with Gasteiger partial charge in [-0.2, -0.15) is 0 Å². The Bertz CT molecular complexity index is 389. The number of rotatable bonds is 4. The van der Waals surface area contributed by atoms with Crippen molar-refractivity contribution in [1.29, 1.82) is 0 Å². The standard InChI is InChI=1S/C17H25NO2/c1-2-6-15(7-3-1)12-16-8-4-5-10-18(16)13-17-9-11-19-14-20-17/h1-3,6-7,16-17H,4-5,8-14H2/t16-,17-/m1/s1. The maximum atomic E-state index is 5.72. The van der Waals surface area contributed by atoms with Crippen molar-refractivity contribution in [3.63, 3.8) is 0 Å². The largest absolute Gasteiger partial charge is 0.355 e. The Morgan fingerprint density at radius 3 is 2.80 bits per heavy atom. The molecule has 3 rings (SSSR count). The van der Waals surface area contributed by atoms with Gasteiger partial charge < -0.3 is 9.47 Å². The molecule has 2 saturated heterocycles. The van der Waals surface area contributed by atoms with Crippen LogP contribution in [0.1, 0.15) is 31.2 Å². The fourth-order valence-corrected chi connectivity index (χ4v) is 3.32. The lowest BCUT2D eigenvalue weighted by Crippen LogP contribution is -2.46. The SMILES string of the molecule is c1ccc(C[C@H]2CCCCN2C[C@H]2CCOCO2)cc1. The minimum atomic E-state index is 0.361. The highest BCUT2D eigenvalue weighted by Crippen LogP contribution is 2.22. The number of hydrogen-bond donors (Lipinski definition) is 0. The molecule has 2 aliphatic heterocycles. The number of likely N-dealkylation sites (tertiary alicyclic amines) is 1. The molecule has 0 radical (unpaired) electrons. The van der Waals surface area contributed by atoms with E-state index < -0.39 is 0 Å². The molecule has 0 saturated carbocycles. The zero-order chi connectivity index (χ0) is 13.6. The Morgan fingerprint density at radius 1 is 1.10 bits per heavy atom. The smallest absolute Gasteiger partial charge is 0.147 e. The lowest BCUT2D eigenvalue weighted by atomic mass is 9.95. The van der Waals surface area contributed by atoms with E-state index in [1.807, 2.05) is 0 Å². The van der Waals surface area contributed by atoms with Crippen LogP contribution in [0.4, 0.5) is 0 Å². The van der Waals surface area contributed by atoms with Gasteiger partial charge in [0.1, 0.15) is 6.79 Å². The predicted octanol–water partition coefficient (Wildman–Crippen LogP) is 2.85. The molecule has 2 aliphatic rings. The van der Waals surface area contributed by atoms with Crippen LogP contribution < -0.4 is 0 Å². The van der Waals surface area contributed by atoms with Gasteiger partial charge in [0.05, 0.1) is 12.7 Å². The van der Waals surface area contributed by atoms with Crippen molar-refractivity contribution in [3.05, 3.63) is 35.9 Å². The third-order valence-corrected chi connectivity index (χ3v) is 4.47. The van der Waals surface area contributed by atoms with Crippen LogP contribution in [0.5, 0.6) is 0 Å². The first-order chi connectivity index (χ1) is 9.92. The average molecular weight is 275 g/mol. The molecule has 0 amide bonds. The molecule has 3 nitrogen and oxygen atoms in total. The third-order valence-electron chi connectivity index (χ3n) is 4.47. The van der Waals surface area contributed by atoms with Crippen molar-refractivity contribution in [2.24, 2.45) is 0 Å². The molecule has 0 unspecified atom stereocenters. The fraction of sp³-hybridized carbons (Fsp3) is 0.647. The molecule has 110 valence electrons. The summed E-state index contributed by atoms with van der Waals surface area (Å²) in [6.45, 7) is 3.61. The van der Waals surface area contributed by atoms with E-state index in [2.05, 4.69) is 35.2 Å². The molecule has 2 atom stereocenters. The van der Waals surface area contributed by atoms with E-state index in [1.54, 1.807) is 0 Å². The van der Waals surface area contributed by atoms with Gasteiger partial charge in [0.25, 0.3) is 0 Å². The van der Waals surface area contributed by atoms with E-state index in [0.717, 1.165) is 19.6 Å². The highest BCUT2D eigenvalue weighted by Gasteiger charge is 2.26. The molecule has 0 N–H and O–H groups in total. The highest BCUT2D eigenvalue weighted by atomic mass is 16.7. The molecule has 0 bridgehead atoms. The van der Waals surface area contributed by atoms with Crippen LogP contribution in [-0.2, 0) is 15.9 Å². The summed E-state index contributed by atoms with van der Waals surface area (Å²) in [6, 6.07) is 11.6. The third kappa shape index (κ3) is 3.81. The molecule has 1 aromatic rings. The summed E-state index contributed by atoms with van der Waals surface area (Å²) in [5.74, 6) is 0. The molecule has 0 aromatic heterocycles. The molecule has 20 heavy (non-hydrogen) atoms. The van der Waals surface area contributed by atoms with Gasteiger partial charge in [-0.1, -0.05) is 36.8 Å². The Kier molecular flexibility index (Phi) is 5.06. The van der Waals surface area contributed by atoms with Crippen molar-refractivity contribution in [2.45, 2.75) is 44.2 Å². The summed E-state index contributed by atoms with van der Waals surface area (Å²) in [7, 11) is 0. The van der Waals surface area contributed by atoms with E-state index in [1.165, 1.54) is 37.8 Å². The van der Waals surface area contributed by atoms with Crippen molar-refractivity contribution < 1.29 is 9.47 Å². The first kappa shape index (κ1) is 14.1. The second-order valence-corrected chi connectivity index (χ2v) is 5.94. The topological polar surface area (TPSA) is 21.7 Å². The van der Waals surface area contributed by atoms with Crippen LogP contribution in [0.3, 0.4) is 0 Å². The number of hydrogen-bond acceptors (Lipinski definition) is 3. The van der Waals surface area contributed by atoms with Gasteiger partial charge in [-0.05, 0) is 37.8 Å². The summed E-state index contributed by atoms with van der Waals surface area (Å²) in [6.07, 6.45) is 6.58. The zero-order valence-electron chi connectivity index (χ0n) is 12.2. The summed E-state index contributed by atoms with van der Waals surface area (Å²) in [5, 5.41) is 0. The Balaban J connectivity index is 1.58. The van der Waals surface area contributed by atoms with E-state index in [-0.39, 0.29) is 0 Å². The Hall–Kier alpha value is -0.900. The minimum Gasteiger partial charge on any atom is -0.355 e. The fourth-order valence-electron chi connectivity index (χ4n) is 3.32. The van der Waals surface area contributed by atoms with Gasteiger partial charge in [0, 0.05) is 12.6 Å². The number of benzene rings is 1. The molecule has 0 aliphatic carbocycles. The first-order valence-electron chi connectivity index (χ1n) is 7.89. The highest BCUT2D eigenvalue weighted by molar-refractivity contribution is 5.16. The maximum absolute atomic E-state index is 5.72. The van der Waals surface area contributed by atoms with Gasteiger partial charge in [-0.3, -0.25) is 4.90 Å². The van der Waals surface area contributed by atoms with E-state index in [4.69, 9.17) is 9.47 Å². The lowest BCUT2D eigenvalue weighted by molar-refractivity contribution is -0.147. The quantitative estimate of drug-likeness (QED) is 0.843. The van der Waals surface area contributed by atoms with Gasteiger partial charge >= 0.3 is 0 Å². The Labute approximate surface area is 121 Å². The average Bonchev–Trinajstić information content (AvgIpc) is 2.51. The van der Waals surface area contributed by atoms with Crippen LogP contribution in [-0.4, -0.2) is 43.5 Å². The van der Waals surface area contributed by atoms with Gasteiger partial charge in [0.15, 0.2) is 0 Å². The summed E-state index contributed by atoms with van der Waals surface area (Å²) in [4.78, 5) is 2.65. The monoisotopic (exact) mass is 275 g/mol. The van der Waals surface area contributed by atoms with Crippen molar-refractivity contribution in [1.82, 2.24) is 4.90 Å². The number of piperidine rings is 1. The Morgan fingerprint density at radius 2 is 2.00 bits per heavy atom. The number of nitrogens with zero attached hydrogens (tertiary/aromatic N) is 1. The normalized spacial score (nSPS) is 28.4. The lowest BCUT2D eigenvalue weighted by Gasteiger charge is -2.38. The van der Waals surface area contributed by atoms with Crippen LogP contribution in [0, 0.1) is 0 Å². The molecular formula is C17H25NO2. The van der Waals surface area contributed by atoms with Crippen LogP contribution >= 0.6 is 0 Å². The molecule has 0 spiro atoms. The van der Waals surface area contributed by atoms with Gasteiger partial charge in [0.2, 0.25) is 0 Å². The van der Waals surface area contributed by atoms with Crippen LogP contribution in [0.15, 0.2) is 30.3 Å². The summed E-state index contributed by atoms with van der Waals surface area (Å²) >= 11 is 0. The van der Waals surface area contributed by atoms with Crippen LogP contribution in [0.25, 0.3) is 0 Å². The number of ether oxygens (including phenoxy) is 2. The van der Waals surface area contributed by atoms with Crippen molar-refractivity contribution >= 4 is 0 Å². The minimum absolute atomic E-state index is 0.361. The van der Waals surface area contributed by atoms with Crippen molar-refractivity contribution in [2.75, 3.05) is 26.5 Å². The second kappa shape index (κ2) is 7.21. The zero-order valence-corrected chi connectivity index (χ0v) is 12.2. The molecule has 3 heteroatoms. The molecule has 2 heterocycles.